The Hall–Kier alpha value is -1.90. The average molecular weight is 430 g/mol. The van der Waals surface area contributed by atoms with E-state index < -0.39 is 35.1 Å². The fourth-order valence-corrected chi connectivity index (χ4v) is 3.95. The first-order valence-electron chi connectivity index (χ1n) is 10.7. The quantitative estimate of drug-likeness (QED) is 0.220. The minimum Gasteiger partial charge on any atom is -0.208 e. The molecule has 0 nitrogen and oxygen atoms in total. The van der Waals surface area contributed by atoms with Crippen molar-refractivity contribution in [3.05, 3.63) is 41.0 Å². The van der Waals surface area contributed by atoms with Gasteiger partial charge in [-0.05, 0) is 43.7 Å². The van der Waals surface area contributed by atoms with Crippen molar-refractivity contribution in [3.8, 4) is 11.8 Å². The van der Waals surface area contributed by atoms with Gasteiger partial charge in [0.1, 0.15) is 11.6 Å². The van der Waals surface area contributed by atoms with Crippen molar-refractivity contribution in [3.63, 3.8) is 0 Å². The van der Waals surface area contributed by atoms with Gasteiger partial charge in [0.25, 0.3) is 0 Å². The van der Waals surface area contributed by atoms with Gasteiger partial charge < -0.3 is 0 Å². The fourth-order valence-electron chi connectivity index (χ4n) is 3.95. The third-order valence-electron chi connectivity index (χ3n) is 5.69. The van der Waals surface area contributed by atoms with Gasteiger partial charge in [-0.25, -0.2) is 13.2 Å². The Morgan fingerprint density at radius 1 is 1.00 bits per heavy atom. The Kier molecular flexibility index (Phi) is 9.33. The molecular formula is C24H28F6. The SMILES string of the molecule is CCCCCCCC1CCC(C(F)=C(F)c2ccc(C#CC(F)(F)F)c(F)c2)CC1. The van der Waals surface area contributed by atoms with E-state index in [1.54, 1.807) is 5.92 Å². The van der Waals surface area contributed by atoms with E-state index in [0.717, 1.165) is 37.3 Å². The molecule has 1 aromatic rings. The molecule has 0 heterocycles. The lowest BCUT2D eigenvalue weighted by Crippen LogP contribution is -2.15. The third-order valence-corrected chi connectivity index (χ3v) is 5.69. The highest BCUT2D eigenvalue weighted by atomic mass is 19.4. The summed E-state index contributed by atoms with van der Waals surface area (Å²) in [5, 5.41) is 0. The molecule has 6 heteroatoms. The predicted molar refractivity (Wildman–Crippen MR) is 107 cm³/mol. The maximum atomic E-state index is 14.6. The van der Waals surface area contributed by atoms with E-state index in [4.69, 9.17) is 0 Å². The molecule has 0 aromatic heterocycles. The molecule has 0 amide bonds. The topological polar surface area (TPSA) is 0 Å². The zero-order valence-corrected chi connectivity index (χ0v) is 17.2. The summed E-state index contributed by atoms with van der Waals surface area (Å²) >= 11 is 0. The molecule has 1 aliphatic carbocycles. The molecule has 0 atom stereocenters. The highest BCUT2D eigenvalue weighted by Gasteiger charge is 2.27. The lowest BCUT2D eigenvalue weighted by molar-refractivity contribution is -0.0696. The number of unbranched alkanes of at least 4 members (excludes halogenated alkanes) is 4. The summed E-state index contributed by atoms with van der Waals surface area (Å²) in [7, 11) is 0. The second-order valence-electron chi connectivity index (χ2n) is 8.02. The Balaban J connectivity index is 1.95. The van der Waals surface area contributed by atoms with Gasteiger partial charge in [-0.1, -0.05) is 57.4 Å². The van der Waals surface area contributed by atoms with Crippen molar-refractivity contribution in [1.29, 1.82) is 0 Å². The summed E-state index contributed by atoms with van der Waals surface area (Å²) < 4.78 is 79.5. The van der Waals surface area contributed by atoms with Crippen LogP contribution in [0.1, 0.15) is 82.3 Å². The smallest absolute Gasteiger partial charge is 0.208 e. The molecule has 166 valence electrons. The lowest BCUT2D eigenvalue weighted by atomic mass is 9.79. The molecule has 1 aliphatic rings. The Morgan fingerprint density at radius 3 is 2.27 bits per heavy atom. The first kappa shape index (κ1) is 24.4. The molecule has 30 heavy (non-hydrogen) atoms. The third kappa shape index (κ3) is 7.74. The van der Waals surface area contributed by atoms with Gasteiger partial charge in [0, 0.05) is 17.4 Å². The normalized spacial score (nSPS) is 20.4. The maximum Gasteiger partial charge on any atom is 0.458 e. The van der Waals surface area contributed by atoms with E-state index in [1.807, 2.05) is 0 Å². The van der Waals surface area contributed by atoms with Crippen LogP contribution >= 0.6 is 0 Å². The van der Waals surface area contributed by atoms with Crippen LogP contribution in [0.15, 0.2) is 24.0 Å². The van der Waals surface area contributed by atoms with E-state index in [1.165, 1.54) is 32.1 Å². The molecule has 0 spiro atoms. The van der Waals surface area contributed by atoms with Gasteiger partial charge in [-0.2, -0.15) is 13.2 Å². The van der Waals surface area contributed by atoms with Crippen molar-refractivity contribution < 1.29 is 26.3 Å². The molecule has 1 aromatic carbocycles. The van der Waals surface area contributed by atoms with E-state index in [9.17, 15) is 26.3 Å². The van der Waals surface area contributed by atoms with Crippen LogP contribution in [0.5, 0.6) is 0 Å². The highest BCUT2D eigenvalue weighted by molar-refractivity contribution is 5.62. The van der Waals surface area contributed by atoms with Crippen molar-refractivity contribution in [2.75, 3.05) is 0 Å². The van der Waals surface area contributed by atoms with Crippen LogP contribution in [0.3, 0.4) is 0 Å². The van der Waals surface area contributed by atoms with Gasteiger partial charge in [-0.3, -0.25) is 0 Å². The standard InChI is InChI=1S/C24H28F6/c1-2-3-4-5-6-7-17-8-10-19(11-9-17)22(26)23(27)20-13-12-18(21(25)16-20)14-15-24(28,29)30/h12-13,16-17,19H,2-11H2,1H3. The second kappa shape index (κ2) is 11.5. The number of halogens is 6. The monoisotopic (exact) mass is 430 g/mol. The van der Waals surface area contributed by atoms with Crippen LogP contribution in [0.4, 0.5) is 26.3 Å². The average Bonchev–Trinajstić information content (AvgIpc) is 2.71. The summed E-state index contributed by atoms with van der Waals surface area (Å²) in [6.07, 6.45) is 5.24. The van der Waals surface area contributed by atoms with Crippen LogP contribution < -0.4 is 0 Å². The number of hydrogen-bond acceptors (Lipinski definition) is 0. The highest BCUT2D eigenvalue weighted by Crippen LogP contribution is 2.39. The first-order chi connectivity index (χ1) is 14.2. The van der Waals surface area contributed by atoms with Gasteiger partial charge in [0.2, 0.25) is 0 Å². The lowest BCUT2D eigenvalue weighted by Gasteiger charge is -2.27. The van der Waals surface area contributed by atoms with E-state index >= 15 is 0 Å². The van der Waals surface area contributed by atoms with E-state index in [0.29, 0.717) is 24.8 Å². The molecule has 0 unspecified atom stereocenters. The number of rotatable bonds is 8. The van der Waals surface area contributed by atoms with Crippen molar-refractivity contribution in [1.82, 2.24) is 0 Å². The predicted octanol–water partition coefficient (Wildman–Crippen LogP) is 8.51. The molecule has 0 aliphatic heterocycles. The summed E-state index contributed by atoms with van der Waals surface area (Å²) in [5.74, 6) is -0.523. The largest absolute Gasteiger partial charge is 0.458 e. The zero-order valence-electron chi connectivity index (χ0n) is 17.2. The van der Waals surface area contributed by atoms with Crippen LogP contribution in [0.2, 0.25) is 0 Å². The molecule has 0 N–H and O–H groups in total. The zero-order chi connectivity index (χ0) is 22.1. The fraction of sp³-hybridized carbons (Fsp3) is 0.583. The van der Waals surface area contributed by atoms with Crippen LogP contribution in [-0.2, 0) is 0 Å². The maximum absolute atomic E-state index is 14.6. The van der Waals surface area contributed by atoms with Crippen molar-refractivity contribution >= 4 is 5.83 Å². The van der Waals surface area contributed by atoms with Crippen LogP contribution in [0, 0.1) is 29.5 Å². The molecule has 0 bridgehead atoms. The summed E-state index contributed by atoms with van der Waals surface area (Å²) in [4.78, 5) is 0. The summed E-state index contributed by atoms with van der Waals surface area (Å²) in [6, 6.07) is 2.68. The Bertz CT molecular complexity index is 773. The van der Waals surface area contributed by atoms with Crippen molar-refractivity contribution in [2.45, 2.75) is 77.3 Å². The second-order valence-corrected chi connectivity index (χ2v) is 8.02. The van der Waals surface area contributed by atoms with Crippen molar-refractivity contribution in [2.24, 2.45) is 11.8 Å². The minimum absolute atomic E-state index is 0.319. The summed E-state index contributed by atoms with van der Waals surface area (Å²) in [5.41, 5.74) is -0.829. The number of allylic oxidation sites excluding steroid dienone is 1. The van der Waals surface area contributed by atoms with Crippen LogP contribution in [-0.4, -0.2) is 6.18 Å². The van der Waals surface area contributed by atoms with Gasteiger partial charge >= 0.3 is 6.18 Å². The van der Waals surface area contributed by atoms with Gasteiger partial charge in [-0.15, -0.1) is 0 Å². The molecule has 0 radical (unpaired) electrons. The molecule has 1 fully saturated rings. The molecule has 0 saturated heterocycles. The first-order valence-corrected chi connectivity index (χ1v) is 10.7. The van der Waals surface area contributed by atoms with E-state index in [2.05, 4.69) is 6.92 Å². The number of benzene rings is 1. The number of hydrogen-bond donors (Lipinski definition) is 0. The molecule has 2 rings (SSSR count). The Morgan fingerprint density at radius 2 is 1.67 bits per heavy atom. The van der Waals surface area contributed by atoms with Crippen LogP contribution in [0.25, 0.3) is 5.83 Å². The minimum atomic E-state index is -4.75. The molecular weight excluding hydrogens is 402 g/mol. The van der Waals surface area contributed by atoms with Gasteiger partial charge in [0.05, 0.1) is 5.56 Å². The Labute approximate surface area is 174 Å². The number of alkyl halides is 3. The van der Waals surface area contributed by atoms with E-state index in [-0.39, 0.29) is 5.56 Å². The molecule has 1 saturated carbocycles. The summed E-state index contributed by atoms with van der Waals surface area (Å²) in [6.45, 7) is 2.17. The van der Waals surface area contributed by atoms with Gasteiger partial charge in [0.15, 0.2) is 5.83 Å².